The van der Waals surface area contributed by atoms with Crippen LogP contribution in [0.25, 0.3) is 22.8 Å². The Morgan fingerprint density at radius 2 is 1.96 bits per heavy atom. The fourth-order valence-electron chi connectivity index (χ4n) is 1.91. The van der Waals surface area contributed by atoms with E-state index in [0.29, 0.717) is 11.4 Å². The molecule has 0 bridgehead atoms. The van der Waals surface area contributed by atoms with Crippen molar-refractivity contribution in [2.45, 2.75) is 6.36 Å². The molecule has 0 atom stereocenters. The summed E-state index contributed by atoms with van der Waals surface area (Å²) in [4.78, 5) is 4.19. The lowest BCUT2D eigenvalue weighted by Gasteiger charge is -2.10. The van der Waals surface area contributed by atoms with Gasteiger partial charge in [-0.1, -0.05) is 0 Å². The summed E-state index contributed by atoms with van der Waals surface area (Å²) in [5, 5.41) is 22.8. The SMILES string of the molecule is N#Cc1ccc(-c2nc(-c3ccnnc3)n[nH]2)cc1OC(F)(F)F. The van der Waals surface area contributed by atoms with Crippen molar-refractivity contribution in [2.75, 3.05) is 0 Å². The molecule has 2 heterocycles. The number of halogens is 3. The highest BCUT2D eigenvalue weighted by Gasteiger charge is 2.32. The summed E-state index contributed by atoms with van der Waals surface area (Å²) in [6.45, 7) is 0. The van der Waals surface area contributed by atoms with Gasteiger partial charge >= 0.3 is 6.36 Å². The van der Waals surface area contributed by atoms with Crippen molar-refractivity contribution in [2.24, 2.45) is 0 Å². The van der Waals surface area contributed by atoms with Gasteiger partial charge in [-0.2, -0.15) is 20.6 Å². The maximum Gasteiger partial charge on any atom is 0.573 e. The predicted molar refractivity (Wildman–Crippen MR) is 74.2 cm³/mol. The minimum atomic E-state index is -4.90. The van der Waals surface area contributed by atoms with Crippen molar-refractivity contribution in [3.63, 3.8) is 0 Å². The van der Waals surface area contributed by atoms with Crippen molar-refractivity contribution < 1.29 is 17.9 Å². The van der Waals surface area contributed by atoms with E-state index in [1.54, 1.807) is 12.1 Å². The molecule has 0 unspecified atom stereocenters. The zero-order valence-corrected chi connectivity index (χ0v) is 11.7. The Labute approximate surface area is 132 Å². The van der Waals surface area contributed by atoms with Crippen LogP contribution in [-0.4, -0.2) is 31.7 Å². The highest BCUT2D eigenvalue weighted by molar-refractivity contribution is 5.64. The summed E-state index contributed by atoms with van der Waals surface area (Å²) < 4.78 is 41.2. The molecule has 0 aliphatic carbocycles. The number of alkyl halides is 3. The molecule has 7 nitrogen and oxygen atoms in total. The van der Waals surface area contributed by atoms with Gasteiger partial charge in [-0.3, -0.25) is 5.10 Å². The zero-order chi connectivity index (χ0) is 17.2. The van der Waals surface area contributed by atoms with E-state index in [1.807, 2.05) is 0 Å². The van der Waals surface area contributed by atoms with Crippen LogP contribution in [0.4, 0.5) is 13.2 Å². The van der Waals surface area contributed by atoms with E-state index in [9.17, 15) is 13.2 Å². The van der Waals surface area contributed by atoms with Crippen LogP contribution in [-0.2, 0) is 0 Å². The first-order chi connectivity index (χ1) is 11.5. The van der Waals surface area contributed by atoms with Crippen LogP contribution in [0.2, 0.25) is 0 Å². The first-order valence-electron chi connectivity index (χ1n) is 6.46. The van der Waals surface area contributed by atoms with Gasteiger partial charge in [0.1, 0.15) is 11.8 Å². The molecule has 3 rings (SSSR count). The van der Waals surface area contributed by atoms with Crippen LogP contribution >= 0.6 is 0 Å². The van der Waals surface area contributed by atoms with E-state index >= 15 is 0 Å². The van der Waals surface area contributed by atoms with Crippen LogP contribution < -0.4 is 4.74 Å². The van der Waals surface area contributed by atoms with Gasteiger partial charge in [0.05, 0.1) is 18.0 Å². The van der Waals surface area contributed by atoms with Crippen LogP contribution in [0.5, 0.6) is 5.75 Å². The zero-order valence-electron chi connectivity index (χ0n) is 11.7. The van der Waals surface area contributed by atoms with Crippen molar-refractivity contribution in [1.29, 1.82) is 5.26 Å². The third kappa shape index (κ3) is 3.30. The summed E-state index contributed by atoms with van der Waals surface area (Å²) in [6, 6.07) is 7.00. The number of aromatic amines is 1. The molecule has 1 N–H and O–H groups in total. The van der Waals surface area contributed by atoms with Crippen LogP contribution in [0.15, 0.2) is 36.7 Å². The lowest BCUT2D eigenvalue weighted by atomic mass is 10.1. The summed E-state index contributed by atoms with van der Waals surface area (Å²) in [6.07, 6.45) is -1.99. The molecule has 0 aliphatic rings. The van der Waals surface area contributed by atoms with E-state index in [1.165, 1.54) is 24.5 Å². The first-order valence-corrected chi connectivity index (χ1v) is 6.46. The first kappa shape index (κ1) is 15.4. The number of H-pyrrole nitrogens is 1. The Balaban J connectivity index is 1.97. The lowest BCUT2D eigenvalue weighted by molar-refractivity contribution is -0.274. The second-order valence-electron chi connectivity index (χ2n) is 4.51. The highest BCUT2D eigenvalue weighted by Crippen LogP contribution is 2.30. The molecule has 0 amide bonds. The quantitative estimate of drug-likeness (QED) is 0.791. The molecular weight excluding hydrogens is 325 g/mol. The van der Waals surface area contributed by atoms with Crippen molar-refractivity contribution in [3.05, 3.63) is 42.2 Å². The largest absolute Gasteiger partial charge is 0.573 e. The molecule has 0 fully saturated rings. The molecule has 0 spiro atoms. The predicted octanol–water partition coefficient (Wildman–Crippen LogP) is 2.70. The van der Waals surface area contributed by atoms with Gasteiger partial charge in [0.2, 0.25) is 0 Å². The van der Waals surface area contributed by atoms with Crippen molar-refractivity contribution in [3.8, 4) is 34.6 Å². The normalized spacial score (nSPS) is 11.1. The van der Waals surface area contributed by atoms with Gasteiger partial charge < -0.3 is 4.74 Å². The molecule has 24 heavy (non-hydrogen) atoms. The number of hydrogen-bond donors (Lipinski definition) is 1. The van der Waals surface area contributed by atoms with Gasteiger partial charge in [-0.05, 0) is 24.3 Å². The van der Waals surface area contributed by atoms with E-state index in [0.717, 1.165) is 6.07 Å². The Bertz CT molecular complexity index is 901. The van der Waals surface area contributed by atoms with Crippen molar-refractivity contribution in [1.82, 2.24) is 25.4 Å². The van der Waals surface area contributed by atoms with Gasteiger partial charge in [0, 0.05) is 11.1 Å². The summed E-state index contributed by atoms with van der Waals surface area (Å²) in [7, 11) is 0. The number of rotatable bonds is 3. The minimum Gasteiger partial charge on any atom is -0.404 e. The number of nitrogens with zero attached hydrogens (tertiary/aromatic N) is 5. The molecule has 3 aromatic rings. The van der Waals surface area contributed by atoms with Gasteiger partial charge in [-0.15, -0.1) is 13.2 Å². The molecule has 0 saturated heterocycles. The van der Waals surface area contributed by atoms with Crippen LogP contribution in [0.1, 0.15) is 5.56 Å². The van der Waals surface area contributed by atoms with E-state index in [2.05, 4.69) is 30.1 Å². The smallest absolute Gasteiger partial charge is 0.404 e. The summed E-state index contributed by atoms with van der Waals surface area (Å²) in [5.74, 6) is -0.0769. The fourth-order valence-corrected chi connectivity index (χ4v) is 1.91. The van der Waals surface area contributed by atoms with E-state index < -0.39 is 12.1 Å². The third-order valence-corrected chi connectivity index (χ3v) is 2.93. The highest BCUT2D eigenvalue weighted by atomic mass is 19.4. The van der Waals surface area contributed by atoms with Crippen LogP contribution in [0.3, 0.4) is 0 Å². The number of benzene rings is 1. The average Bonchev–Trinajstić information content (AvgIpc) is 3.04. The number of ether oxygens (including phenoxy) is 1. The molecule has 2 aromatic heterocycles. The maximum atomic E-state index is 12.4. The van der Waals surface area contributed by atoms with Crippen LogP contribution in [0, 0.1) is 11.3 Å². The molecular formula is C14H7F3N6O. The van der Waals surface area contributed by atoms with E-state index in [4.69, 9.17) is 5.26 Å². The monoisotopic (exact) mass is 332 g/mol. The van der Waals surface area contributed by atoms with Crippen molar-refractivity contribution >= 4 is 0 Å². The molecule has 10 heteroatoms. The number of aromatic nitrogens is 5. The molecule has 0 aliphatic heterocycles. The standard InChI is InChI=1S/C14H7F3N6O/c15-14(16,17)24-11-5-8(1-2-9(11)6-18)12-21-13(23-22-12)10-3-4-19-20-7-10/h1-5,7H,(H,21,22,23). The maximum absolute atomic E-state index is 12.4. The van der Waals surface area contributed by atoms with E-state index in [-0.39, 0.29) is 17.0 Å². The number of hydrogen-bond acceptors (Lipinski definition) is 6. The average molecular weight is 332 g/mol. The summed E-state index contributed by atoms with van der Waals surface area (Å²) in [5.41, 5.74) is 0.635. The Kier molecular flexibility index (Phi) is 3.83. The Morgan fingerprint density at radius 1 is 1.12 bits per heavy atom. The third-order valence-electron chi connectivity index (χ3n) is 2.93. The lowest BCUT2D eigenvalue weighted by Crippen LogP contribution is -2.17. The van der Waals surface area contributed by atoms with Gasteiger partial charge in [-0.25, -0.2) is 4.98 Å². The second kappa shape index (κ2) is 5.96. The summed E-state index contributed by atoms with van der Waals surface area (Å²) >= 11 is 0. The molecule has 1 aromatic carbocycles. The fraction of sp³-hybridized carbons (Fsp3) is 0.0714. The topological polar surface area (TPSA) is 100 Å². The molecule has 0 saturated carbocycles. The number of nitriles is 1. The molecule has 0 radical (unpaired) electrons. The second-order valence-corrected chi connectivity index (χ2v) is 4.51. The number of nitrogens with one attached hydrogen (secondary N) is 1. The Morgan fingerprint density at radius 3 is 2.62 bits per heavy atom. The Hall–Kier alpha value is -3.48. The van der Waals surface area contributed by atoms with Gasteiger partial charge in [0.15, 0.2) is 11.6 Å². The minimum absolute atomic E-state index is 0.221. The van der Waals surface area contributed by atoms with Gasteiger partial charge in [0.25, 0.3) is 0 Å². The molecule has 120 valence electrons.